The van der Waals surface area contributed by atoms with E-state index in [1.165, 1.54) is 21.7 Å². The van der Waals surface area contributed by atoms with Gasteiger partial charge in [0.25, 0.3) is 0 Å². The Morgan fingerprint density at radius 2 is 1.31 bits per heavy atom. The van der Waals surface area contributed by atoms with Crippen LogP contribution in [0.25, 0.3) is 0 Å². The molecule has 0 radical (unpaired) electrons. The fourth-order valence-corrected chi connectivity index (χ4v) is 3.14. The van der Waals surface area contributed by atoms with Crippen molar-refractivity contribution in [3.63, 3.8) is 0 Å². The molecule has 0 N–H and O–H groups in total. The quantitative estimate of drug-likeness (QED) is 0.436. The Kier molecular flexibility index (Phi) is 11.0. The SMILES string of the molecule is CC(CCI)COCC(C)CCI. The van der Waals surface area contributed by atoms with Crippen LogP contribution in [0.2, 0.25) is 0 Å². The molecule has 1 nitrogen and oxygen atoms in total. The summed E-state index contributed by atoms with van der Waals surface area (Å²) in [6, 6.07) is 0. The smallest absolute Gasteiger partial charge is 0.0492 e. The standard InChI is InChI=1S/C10H20I2O/c1-9(3-5-11)7-13-8-10(2)4-6-12/h9-10H,3-8H2,1-2H3. The summed E-state index contributed by atoms with van der Waals surface area (Å²) in [5.41, 5.74) is 0. The average molecular weight is 410 g/mol. The zero-order valence-corrected chi connectivity index (χ0v) is 12.9. The third kappa shape index (κ3) is 9.72. The van der Waals surface area contributed by atoms with Crippen molar-refractivity contribution in [1.29, 1.82) is 0 Å². The number of rotatable bonds is 8. The number of alkyl halides is 2. The van der Waals surface area contributed by atoms with Crippen LogP contribution in [0.1, 0.15) is 26.7 Å². The van der Waals surface area contributed by atoms with Crippen LogP contribution in [-0.2, 0) is 4.74 Å². The van der Waals surface area contributed by atoms with E-state index in [0.29, 0.717) is 0 Å². The highest BCUT2D eigenvalue weighted by Crippen LogP contribution is 2.08. The molecule has 0 heterocycles. The minimum absolute atomic E-state index is 0.726. The molecule has 2 unspecified atom stereocenters. The molecule has 0 aliphatic carbocycles. The Bertz CT molecular complexity index is 97.1. The Balaban J connectivity index is 3.23. The van der Waals surface area contributed by atoms with E-state index in [9.17, 15) is 0 Å². The Labute approximate surface area is 110 Å². The van der Waals surface area contributed by atoms with Crippen molar-refractivity contribution in [2.75, 3.05) is 22.1 Å². The van der Waals surface area contributed by atoms with Crippen molar-refractivity contribution in [3.05, 3.63) is 0 Å². The van der Waals surface area contributed by atoms with Crippen LogP contribution in [0, 0.1) is 11.8 Å². The summed E-state index contributed by atoms with van der Waals surface area (Å²) >= 11 is 4.85. The van der Waals surface area contributed by atoms with Gasteiger partial charge >= 0.3 is 0 Å². The van der Waals surface area contributed by atoms with E-state index in [0.717, 1.165) is 25.0 Å². The summed E-state index contributed by atoms with van der Waals surface area (Å²) in [5, 5.41) is 0. The van der Waals surface area contributed by atoms with Crippen molar-refractivity contribution in [1.82, 2.24) is 0 Å². The first-order chi connectivity index (χ1) is 6.20. The van der Waals surface area contributed by atoms with E-state index in [1.807, 2.05) is 0 Å². The van der Waals surface area contributed by atoms with Gasteiger partial charge in [0, 0.05) is 13.2 Å². The summed E-state index contributed by atoms with van der Waals surface area (Å²) < 4.78 is 8.14. The Morgan fingerprint density at radius 3 is 1.62 bits per heavy atom. The third-order valence-electron chi connectivity index (χ3n) is 2.01. The molecule has 0 aromatic rings. The van der Waals surface area contributed by atoms with Crippen molar-refractivity contribution in [3.8, 4) is 0 Å². The van der Waals surface area contributed by atoms with E-state index in [1.54, 1.807) is 0 Å². The van der Waals surface area contributed by atoms with Gasteiger partial charge in [-0.3, -0.25) is 0 Å². The number of halogens is 2. The second kappa shape index (κ2) is 9.96. The molecule has 0 fully saturated rings. The van der Waals surface area contributed by atoms with Gasteiger partial charge in [-0.15, -0.1) is 0 Å². The van der Waals surface area contributed by atoms with Gasteiger partial charge in [0.2, 0.25) is 0 Å². The molecule has 3 heteroatoms. The fourth-order valence-electron chi connectivity index (χ4n) is 1.01. The molecule has 0 aromatic heterocycles. The maximum Gasteiger partial charge on any atom is 0.0492 e. The number of hydrogen-bond acceptors (Lipinski definition) is 1. The predicted octanol–water partition coefficient (Wildman–Crippen LogP) is 3.93. The first kappa shape index (κ1) is 14.4. The lowest BCUT2D eigenvalue weighted by Crippen LogP contribution is -2.12. The molecular weight excluding hydrogens is 390 g/mol. The zero-order chi connectivity index (χ0) is 10.1. The number of ether oxygens (including phenoxy) is 1. The van der Waals surface area contributed by atoms with Crippen molar-refractivity contribution in [2.45, 2.75) is 26.7 Å². The van der Waals surface area contributed by atoms with E-state index in [2.05, 4.69) is 59.0 Å². The van der Waals surface area contributed by atoms with E-state index >= 15 is 0 Å². The van der Waals surface area contributed by atoms with Gasteiger partial charge in [-0.2, -0.15) is 0 Å². The van der Waals surface area contributed by atoms with Crippen LogP contribution >= 0.6 is 45.2 Å². The molecule has 0 saturated carbocycles. The fraction of sp³-hybridized carbons (Fsp3) is 1.00. The summed E-state index contributed by atoms with van der Waals surface area (Å²) in [4.78, 5) is 0. The van der Waals surface area contributed by atoms with Gasteiger partial charge < -0.3 is 4.74 Å². The van der Waals surface area contributed by atoms with Crippen LogP contribution in [-0.4, -0.2) is 22.1 Å². The predicted molar refractivity (Wildman–Crippen MR) is 76.2 cm³/mol. The molecule has 0 aliphatic heterocycles. The van der Waals surface area contributed by atoms with E-state index in [4.69, 9.17) is 4.74 Å². The molecule has 0 amide bonds. The minimum atomic E-state index is 0.726. The van der Waals surface area contributed by atoms with Gasteiger partial charge in [0.1, 0.15) is 0 Å². The second-order valence-electron chi connectivity index (χ2n) is 3.70. The molecule has 0 aromatic carbocycles. The third-order valence-corrected chi connectivity index (χ3v) is 3.25. The molecule has 0 aliphatic rings. The maximum atomic E-state index is 5.66. The summed E-state index contributed by atoms with van der Waals surface area (Å²) in [6.45, 7) is 6.41. The van der Waals surface area contributed by atoms with Gasteiger partial charge in [0.15, 0.2) is 0 Å². The molecule has 80 valence electrons. The van der Waals surface area contributed by atoms with Crippen molar-refractivity contribution >= 4 is 45.2 Å². The summed E-state index contributed by atoms with van der Waals surface area (Å²) in [5.74, 6) is 1.45. The second-order valence-corrected chi connectivity index (χ2v) is 5.86. The largest absolute Gasteiger partial charge is 0.381 e. The van der Waals surface area contributed by atoms with Crippen LogP contribution in [0.3, 0.4) is 0 Å². The van der Waals surface area contributed by atoms with E-state index in [-0.39, 0.29) is 0 Å². The Hall–Kier alpha value is 1.42. The normalized spacial score (nSPS) is 15.7. The highest BCUT2D eigenvalue weighted by molar-refractivity contribution is 14.1. The lowest BCUT2D eigenvalue weighted by atomic mass is 10.1. The van der Waals surface area contributed by atoms with Gasteiger partial charge in [-0.1, -0.05) is 59.0 Å². The monoisotopic (exact) mass is 410 g/mol. The molecule has 0 saturated heterocycles. The van der Waals surface area contributed by atoms with Gasteiger partial charge in [0.05, 0.1) is 0 Å². The van der Waals surface area contributed by atoms with Crippen molar-refractivity contribution < 1.29 is 4.74 Å². The molecule has 0 bridgehead atoms. The summed E-state index contributed by atoms with van der Waals surface area (Å²) in [6.07, 6.45) is 2.56. The molecule has 2 atom stereocenters. The lowest BCUT2D eigenvalue weighted by molar-refractivity contribution is 0.0789. The Morgan fingerprint density at radius 1 is 0.923 bits per heavy atom. The van der Waals surface area contributed by atoms with E-state index < -0.39 is 0 Å². The topological polar surface area (TPSA) is 9.23 Å². The molecule has 0 spiro atoms. The highest BCUT2D eigenvalue weighted by atomic mass is 127. The van der Waals surface area contributed by atoms with Crippen molar-refractivity contribution in [2.24, 2.45) is 11.8 Å². The van der Waals surface area contributed by atoms with Crippen LogP contribution in [0.5, 0.6) is 0 Å². The number of hydrogen-bond donors (Lipinski definition) is 0. The van der Waals surface area contributed by atoms with Crippen LogP contribution < -0.4 is 0 Å². The summed E-state index contributed by atoms with van der Waals surface area (Å²) in [7, 11) is 0. The van der Waals surface area contributed by atoms with Gasteiger partial charge in [-0.25, -0.2) is 0 Å². The average Bonchev–Trinajstić information content (AvgIpc) is 2.05. The minimum Gasteiger partial charge on any atom is -0.381 e. The first-order valence-corrected chi connectivity index (χ1v) is 7.95. The lowest BCUT2D eigenvalue weighted by Gasteiger charge is -2.13. The highest BCUT2D eigenvalue weighted by Gasteiger charge is 2.04. The molecule has 0 rings (SSSR count). The van der Waals surface area contributed by atoms with Gasteiger partial charge in [-0.05, 0) is 33.5 Å². The van der Waals surface area contributed by atoms with Crippen LogP contribution in [0.4, 0.5) is 0 Å². The van der Waals surface area contributed by atoms with Crippen LogP contribution in [0.15, 0.2) is 0 Å². The molecule has 13 heavy (non-hydrogen) atoms. The molecular formula is C10H20I2O. The first-order valence-electron chi connectivity index (χ1n) is 4.90. The zero-order valence-electron chi connectivity index (χ0n) is 8.56. The maximum absolute atomic E-state index is 5.66.